The molecule has 0 saturated heterocycles. The molecule has 1 N–H and O–H groups in total. The minimum atomic E-state index is -0.261. The Balaban J connectivity index is 1.71. The van der Waals surface area contributed by atoms with Crippen molar-refractivity contribution in [1.82, 2.24) is 9.78 Å². The standard InChI is InChI=1S/C21H19N3O3/c1-13-4-6-17(7-5-13)27-18-12-16(11-15-10-14(2)26-20(15)18)21(25)22-19-8-9-24(3)23-19/h4-12H,1-3H3,(H,22,23,25). The number of carbonyl (C=O) groups is 1. The third kappa shape index (κ3) is 3.55. The van der Waals surface area contributed by atoms with Crippen molar-refractivity contribution < 1.29 is 13.9 Å². The number of aromatic nitrogens is 2. The number of furan rings is 1. The molecule has 0 radical (unpaired) electrons. The lowest BCUT2D eigenvalue weighted by atomic mass is 10.1. The Morgan fingerprint density at radius 3 is 2.59 bits per heavy atom. The van der Waals surface area contributed by atoms with Crippen molar-refractivity contribution in [2.75, 3.05) is 5.32 Å². The zero-order chi connectivity index (χ0) is 19.0. The van der Waals surface area contributed by atoms with Crippen LogP contribution in [0.25, 0.3) is 11.0 Å². The van der Waals surface area contributed by atoms with Gasteiger partial charge in [-0.05, 0) is 44.2 Å². The summed E-state index contributed by atoms with van der Waals surface area (Å²) in [5.41, 5.74) is 2.23. The molecular formula is C21H19N3O3. The van der Waals surface area contributed by atoms with Gasteiger partial charge in [0.2, 0.25) is 0 Å². The predicted octanol–water partition coefficient (Wildman–Crippen LogP) is 4.83. The number of amides is 1. The van der Waals surface area contributed by atoms with Gasteiger partial charge in [-0.3, -0.25) is 9.48 Å². The van der Waals surface area contributed by atoms with Crippen molar-refractivity contribution in [2.45, 2.75) is 13.8 Å². The number of nitrogens with one attached hydrogen (secondary N) is 1. The molecule has 136 valence electrons. The number of nitrogens with zero attached hydrogens (tertiary/aromatic N) is 2. The molecule has 2 aromatic heterocycles. The third-order valence-electron chi connectivity index (χ3n) is 4.17. The lowest BCUT2D eigenvalue weighted by molar-refractivity contribution is 0.102. The van der Waals surface area contributed by atoms with E-state index in [4.69, 9.17) is 9.15 Å². The molecule has 0 aliphatic heterocycles. The summed E-state index contributed by atoms with van der Waals surface area (Å²) in [4.78, 5) is 12.7. The van der Waals surface area contributed by atoms with E-state index in [1.54, 1.807) is 36.1 Å². The fourth-order valence-electron chi connectivity index (χ4n) is 2.86. The van der Waals surface area contributed by atoms with Crippen LogP contribution >= 0.6 is 0 Å². The van der Waals surface area contributed by atoms with Crippen LogP contribution in [0.2, 0.25) is 0 Å². The van der Waals surface area contributed by atoms with Gasteiger partial charge in [0.25, 0.3) is 5.91 Å². The summed E-state index contributed by atoms with van der Waals surface area (Å²) >= 11 is 0. The number of anilines is 1. The number of hydrogen-bond donors (Lipinski definition) is 1. The zero-order valence-corrected chi connectivity index (χ0v) is 15.3. The summed E-state index contributed by atoms with van der Waals surface area (Å²) in [6.07, 6.45) is 1.77. The molecule has 0 spiro atoms. The number of benzene rings is 2. The van der Waals surface area contributed by atoms with Gasteiger partial charge in [-0.1, -0.05) is 17.7 Å². The molecule has 1 amide bonds. The van der Waals surface area contributed by atoms with E-state index >= 15 is 0 Å². The summed E-state index contributed by atoms with van der Waals surface area (Å²) in [5, 5.41) is 7.78. The Hall–Kier alpha value is -3.54. The zero-order valence-electron chi connectivity index (χ0n) is 15.3. The van der Waals surface area contributed by atoms with E-state index in [0.717, 1.165) is 16.7 Å². The third-order valence-corrected chi connectivity index (χ3v) is 4.17. The second-order valence-electron chi connectivity index (χ2n) is 6.49. The van der Waals surface area contributed by atoms with Crippen molar-refractivity contribution in [3.05, 3.63) is 71.6 Å². The minimum Gasteiger partial charge on any atom is -0.457 e. The maximum Gasteiger partial charge on any atom is 0.257 e. The average Bonchev–Trinajstić information content (AvgIpc) is 3.21. The van der Waals surface area contributed by atoms with Crippen LogP contribution in [0, 0.1) is 13.8 Å². The van der Waals surface area contributed by atoms with Crippen LogP contribution in [-0.2, 0) is 7.05 Å². The molecular weight excluding hydrogens is 342 g/mol. The van der Waals surface area contributed by atoms with E-state index in [9.17, 15) is 4.79 Å². The van der Waals surface area contributed by atoms with Gasteiger partial charge in [0.1, 0.15) is 11.5 Å². The average molecular weight is 361 g/mol. The first kappa shape index (κ1) is 16.9. The fourth-order valence-corrected chi connectivity index (χ4v) is 2.86. The summed E-state index contributed by atoms with van der Waals surface area (Å²) in [7, 11) is 1.80. The minimum absolute atomic E-state index is 0.261. The van der Waals surface area contributed by atoms with Gasteiger partial charge in [0.15, 0.2) is 17.2 Å². The van der Waals surface area contributed by atoms with Gasteiger partial charge in [-0.25, -0.2) is 0 Å². The lowest BCUT2D eigenvalue weighted by Crippen LogP contribution is -2.12. The predicted molar refractivity (Wildman–Crippen MR) is 103 cm³/mol. The first-order chi connectivity index (χ1) is 13.0. The van der Waals surface area contributed by atoms with Crippen molar-refractivity contribution in [2.24, 2.45) is 7.05 Å². The maximum absolute atomic E-state index is 12.7. The van der Waals surface area contributed by atoms with E-state index in [-0.39, 0.29) is 5.91 Å². The molecule has 2 aromatic carbocycles. The highest BCUT2D eigenvalue weighted by molar-refractivity contribution is 6.06. The monoisotopic (exact) mass is 361 g/mol. The lowest BCUT2D eigenvalue weighted by Gasteiger charge is -2.09. The number of rotatable bonds is 4. The molecule has 0 fully saturated rings. The Labute approximate surface area is 156 Å². The van der Waals surface area contributed by atoms with Gasteiger partial charge in [-0.2, -0.15) is 5.10 Å². The molecule has 0 aliphatic rings. The number of hydrogen-bond acceptors (Lipinski definition) is 4. The van der Waals surface area contributed by atoms with Crippen molar-refractivity contribution in [3.63, 3.8) is 0 Å². The molecule has 0 saturated carbocycles. The second-order valence-corrected chi connectivity index (χ2v) is 6.49. The molecule has 4 rings (SSSR count). The van der Waals surface area contributed by atoms with E-state index in [1.807, 2.05) is 44.2 Å². The number of ether oxygens (including phenoxy) is 1. The molecule has 27 heavy (non-hydrogen) atoms. The van der Waals surface area contributed by atoms with E-state index < -0.39 is 0 Å². The Morgan fingerprint density at radius 1 is 1.11 bits per heavy atom. The highest BCUT2D eigenvalue weighted by Gasteiger charge is 2.16. The quantitative estimate of drug-likeness (QED) is 0.565. The van der Waals surface area contributed by atoms with Gasteiger partial charge in [0, 0.05) is 30.3 Å². The van der Waals surface area contributed by atoms with Crippen LogP contribution < -0.4 is 10.1 Å². The Morgan fingerprint density at radius 2 is 1.89 bits per heavy atom. The molecule has 0 unspecified atom stereocenters. The van der Waals surface area contributed by atoms with Gasteiger partial charge >= 0.3 is 0 Å². The number of carbonyl (C=O) groups excluding carboxylic acids is 1. The van der Waals surface area contributed by atoms with Crippen LogP contribution in [0.5, 0.6) is 11.5 Å². The van der Waals surface area contributed by atoms with Crippen molar-refractivity contribution >= 4 is 22.7 Å². The van der Waals surface area contributed by atoms with Crippen LogP contribution in [0.15, 0.2) is 59.1 Å². The van der Waals surface area contributed by atoms with Crippen LogP contribution in [0.3, 0.4) is 0 Å². The van der Waals surface area contributed by atoms with E-state index in [0.29, 0.717) is 28.5 Å². The molecule has 4 aromatic rings. The fraction of sp³-hybridized carbons (Fsp3) is 0.143. The second kappa shape index (κ2) is 6.64. The topological polar surface area (TPSA) is 69.3 Å². The molecule has 6 nitrogen and oxygen atoms in total. The van der Waals surface area contributed by atoms with Gasteiger partial charge < -0.3 is 14.5 Å². The first-order valence-corrected chi connectivity index (χ1v) is 8.58. The summed E-state index contributed by atoms with van der Waals surface area (Å²) in [6, 6.07) is 14.8. The van der Waals surface area contributed by atoms with Gasteiger partial charge in [-0.15, -0.1) is 0 Å². The Bertz CT molecular complexity index is 1120. The highest BCUT2D eigenvalue weighted by Crippen LogP contribution is 2.34. The molecule has 6 heteroatoms. The SMILES string of the molecule is Cc1ccc(Oc2cc(C(=O)Nc3ccn(C)n3)cc3cc(C)oc23)cc1. The normalized spacial score (nSPS) is 10.9. The maximum atomic E-state index is 12.7. The Kier molecular flexibility index (Phi) is 4.16. The van der Waals surface area contributed by atoms with E-state index in [1.165, 1.54) is 0 Å². The van der Waals surface area contributed by atoms with Crippen molar-refractivity contribution in [1.29, 1.82) is 0 Å². The summed E-state index contributed by atoms with van der Waals surface area (Å²) in [5.74, 6) is 2.16. The van der Waals surface area contributed by atoms with Crippen LogP contribution in [-0.4, -0.2) is 15.7 Å². The smallest absolute Gasteiger partial charge is 0.257 e. The number of fused-ring (bicyclic) bond motifs is 1. The highest BCUT2D eigenvalue weighted by atomic mass is 16.5. The van der Waals surface area contributed by atoms with Crippen LogP contribution in [0.4, 0.5) is 5.82 Å². The van der Waals surface area contributed by atoms with Crippen molar-refractivity contribution in [3.8, 4) is 11.5 Å². The number of aryl methyl sites for hydroxylation is 3. The molecule has 0 aliphatic carbocycles. The molecule has 0 atom stereocenters. The van der Waals surface area contributed by atoms with Gasteiger partial charge in [0.05, 0.1) is 0 Å². The first-order valence-electron chi connectivity index (χ1n) is 8.58. The van der Waals surface area contributed by atoms with Crippen LogP contribution in [0.1, 0.15) is 21.7 Å². The largest absolute Gasteiger partial charge is 0.457 e. The summed E-state index contributed by atoms with van der Waals surface area (Å²) < 4.78 is 13.4. The molecule has 0 bridgehead atoms. The van der Waals surface area contributed by atoms with E-state index in [2.05, 4.69) is 10.4 Å². The molecule has 2 heterocycles. The summed E-state index contributed by atoms with van der Waals surface area (Å²) in [6.45, 7) is 3.88.